The Kier molecular flexibility index (Phi) is 5.04. The average Bonchev–Trinajstić information content (AvgIpc) is 3.18. The van der Waals surface area contributed by atoms with Crippen molar-refractivity contribution in [2.45, 2.75) is 32.4 Å². The van der Waals surface area contributed by atoms with E-state index in [0.717, 1.165) is 5.39 Å². The molecule has 8 heteroatoms. The van der Waals surface area contributed by atoms with Gasteiger partial charge in [-0.25, -0.2) is 13.2 Å². The number of nitrogens with zero attached hydrogens (tertiary/aromatic N) is 1. The first-order chi connectivity index (χ1) is 12.3. The molecule has 0 radical (unpaired) electrons. The minimum atomic E-state index is -3.11. The third-order valence-corrected chi connectivity index (χ3v) is 6.28. The van der Waals surface area contributed by atoms with Gasteiger partial charge in [0.25, 0.3) is 5.91 Å². The molecule has 2 heterocycles. The third kappa shape index (κ3) is 3.75. The molecule has 0 unspecified atom stereocenters. The lowest BCUT2D eigenvalue weighted by Crippen LogP contribution is -2.46. The number of ether oxygens (including phenoxy) is 1. The average molecular weight is 379 g/mol. The first-order valence-electron chi connectivity index (χ1n) is 8.51. The molecule has 1 aromatic carbocycles. The van der Waals surface area contributed by atoms with E-state index in [-0.39, 0.29) is 23.3 Å². The lowest BCUT2D eigenvalue weighted by atomic mass is 10.2. The van der Waals surface area contributed by atoms with Crippen LogP contribution in [-0.4, -0.2) is 55.4 Å². The predicted molar refractivity (Wildman–Crippen MR) is 95.5 cm³/mol. The first-order valence-corrected chi connectivity index (χ1v) is 10.3. The second-order valence-corrected chi connectivity index (χ2v) is 8.61. The number of amides is 1. The minimum absolute atomic E-state index is 0.0253. The number of hydrogen-bond donors (Lipinski definition) is 0. The van der Waals surface area contributed by atoms with E-state index >= 15 is 0 Å². The van der Waals surface area contributed by atoms with Crippen LogP contribution in [0, 0.1) is 0 Å². The highest BCUT2D eigenvalue weighted by atomic mass is 32.2. The minimum Gasteiger partial charge on any atom is -0.449 e. The standard InChI is InChI=1S/C18H21NO6S/c1-3-19(14-8-9-26(22,23)11-14)17(20)12(2)24-18(21)16-10-13-6-4-5-7-15(13)25-16/h4-7,10,12,14H,3,8-9,11H2,1-2H3/t12-,14-/m0/s1. The van der Waals surface area contributed by atoms with Crippen LogP contribution in [0.3, 0.4) is 0 Å². The highest BCUT2D eigenvalue weighted by Crippen LogP contribution is 2.21. The van der Waals surface area contributed by atoms with E-state index < -0.39 is 27.8 Å². The van der Waals surface area contributed by atoms with Crippen LogP contribution in [0.1, 0.15) is 30.8 Å². The maximum Gasteiger partial charge on any atom is 0.375 e. The van der Waals surface area contributed by atoms with Gasteiger partial charge in [-0.15, -0.1) is 0 Å². The zero-order valence-electron chi connectivity index (χ0n) is 14.7. The molecule has 1 aliphatic heterocycles. The molecule has 26 heavy (non-hydrogen) atoms. The maximum absolute atomic E-state index is 12.6. The van der Waals surface area contributed by atoms with Crippen LogP contribution >= 0.6 is 0 Å². The van der Waals surface area contributed by atoms with Crippen LogP contribution in [0.25, 0.3) is 11.0 Å². The molecule has 1 aromatic heterocycles. The Hall–Kier alpha value is -2.35. The van der Waals surface area contributed by atoms with Crippen molar-refractivity contribution < 1.29 is 27.2 Å². The molecular weight excluding hydrogens is 358 g/mol. The molecular formula is C18H21NO6S. The number of rotatable bonds is 5. The van der Waals surface area contributed by atoms with E-state index in [1.165, 1.54) is 11.8 Å². The molecule has 0 spiro atoms. The molecule has 0 bridgehead atoms. The maximum atomic E-state index is 12.6. The molecule has 1 saturated heterocycles. The SMILES string of the molecule is CCN(C(=O)[C@H](C)OC(=O)c1cc2ccccc2o1)[C@H]1CCS(=O)(=O)C1. The number of furan rings is 1. The van der Waals surface area contributed by atoms with Crippen LogP contribution < -0.4 is 0 Å². The summed E-state index contributed by atoms with van der Waals surface area (Å²) in [6.45, 7) is 3.61. The third-order valence-electron chi connectivity index (χ3n) is 4.53. The van der Waals surface area contributed by atoms with E-state index in [9.17, 15) is 18.0 Å². The van der Waals surface area contributed by atoms with Gasteiger partial charge in [-0.05, 0) is 32.4 Å². The molecule has 2 atom stereocenters. The molecule has 7 nitrogen and oxygen atoms in total. The van der Waals surface area contributed by atoms with Gasteiger partial charge in [-0.1, -0.05) is 18.2 Å². The Labute approximate surface area is 151 Å². The Morgan fingerprint density at radius 3 is 2.69 bits per heavy atom. The number of benzene rings is 1. The van der Waals surface area contributed by atoms with Crippen LogP contribution in [-0.2, 0) is 19.4 Å². The summed E-state index contributed by atoms with van der Waals surface area (Å²) in [5, 5.41) is 0.768. The first kappa shape index (κ1) is 18.4. The summed E-state index contributed by atoms with van der Waals surface area (Å²) in [6.07, 6.45) is -0.620. The number of hydrogen-bond acceptors (Lipinski definition) is 6. The van der Waals surface area contributed by atoms with Crippen molar-refractivity contribution in [2.24, 2.45) is 0 Å². The molecule has 2 aromatic rings. The van der Waals surface area contributed by atoms with Gasteiger partial charge in [-0.3, -0.25) is 4.79 Å². The Bertz CT molecular complexity index is 899. The van der Waals surface area contributed by atoms with Crippen molar-refractivity contribution >= 4 is 32.7 Å². The quantitative estimate of drug-likeness (QED) is 0.738. The van der Waals surface area contributed by atoms with Crippen LogP contribution in [0.4, 0.5) is 0 Å². The summed E-state index contributed by atoms with van der Waals surface area (Å²) < 4.78 is 34.0. The number of esters is 1. The topological polar surface area (TPSA) is 93.9 Å². The van der Waals surface area contributed by atoms with Gasteiger partial charge in [0.2, 0.25) is 5.76 Å². The van der Waals surface area contributed by atoms with Crippen molar-refractivity contribution in [3.05, 3.63) is 36.1 Å². The monoisotopic (exact) mass is 379 g/mol. The number of carbonyl (C=O) groups is 2. The van der Waals surface area contributed by atoms with E-state index in [0.29, 0.717) is 18.5 Å². The number of likely N-dealkylation sites (N-methyl/N-ethyl adjacent to an activating group) is 1. The second-order valence-electron chi connectivity index (χ2n) is 6.38. The van der Waals surface area contributed by atoms with Crippen molar-refractivity contribution in [3.63, 3.8) is 0 Å². The number of fused-ring (bicyclic) bond motifs is 1. The van der Waals surface area contributed by atoms with E-state index in [1.807, 2.05) is 12.1 Å². The molecule has 3 rings (SSSR count). The largest absolute Gasteiger partial charge is 0.449 e. The zero-order valence-corrected chi connectivity index (χ0v) is 15.5. The summed E-state index contributed by atoms with van der Waals surface area (Å²) in [6, 6.07) is 8.36. The van der Waals surface area contributed by atoms with Gasteiger partial charge in [-0.2, -0.15) is 0 Å². The van der Waals surface area contributed by atoms with Crippen LogP contribution in [0.5, 0.6) is 0 Å². The lowest BCUT2D eigenvalue weighted by molar-refractivity contribution is -0.141. The number of para-hydroxylation sites is 1. The Balaban J connectivity index is 1.68. The predicted octanol–water partition coefficient (Wildman–Crippen LogP) is 2.01. The van der Waals surface area contributed by atoms with E-state index in [2.05, 4.69) is 0 Å². The van der Waals surface area contributed by atoms with Gasteiger partial charge < -0.3 is 14.1 Å². The number of carbonyl (C=O) groups excluding carboxylic acids is 2. The second kappa shape index (κ2) is 7.11. The fraction of sp³-hybridized carbons (Fsp3) is 0.444. The molecule has 0 saturated carbocycles. The van der Waals surface area contributed by atoms with Gasteiger partial charge in [0.1, 0.15) is 5.58 Å². The molecule has 1 aliphatic rings. The molecule has 0 aliphatic carbocycles. The summed E-state index contributed by atoms with van der Waals surface area (Å²) in [4.78, 5) is 26.4. The van der Waals surface area contributed by atoms with Crippen molar-refractivity contribution in [2.75, 3.05) is 18.1 Å². The summed E-state index contributed by atoms with van der Waals surface area (Å²) in [5.74, 6) is -1.07. The van der Waals surface area contributed by atoms with Crippen molar-refractivity contribution in [1.82, 2.24) is 4.90 Å². The fourth-order valence-electron chi connectivity index (χ4n) is 3.20. The molecule has 140 valence electrons. The summed E-state index contributed by atoms with van der Waals surface area (Å²) >= 11 is 0. The highest BCUT2D eigenvalue weighted by molar-refractivity contribution is 7.91. The van der Waals surface area contributed by atoms with Gasteiger partial charge in [0.05, 0.1) is 11.5 Å². The van der Waals surface area contributed by atoms with Gasteiger partial charge >= 0.3 is 5.97 Å². The normalized spacial score (nSPS) is 20.0. The Morgan fingerprint density at radius 1 is 1.35 bits per heavy atom. The van der Waals surface area contributed by atoms with Crippen molar-refractivity contribution in [1.29, 1.82) is 0 Å². The smallest absolute Gasteiger partial charge is 0.375 e. The molecule has 0 N–H and O–H groups in total. The van der Waals surface area contributed by atoms with E-state index in [1.54, 1.807) is 25.1 Å². The van der Waals surface area contributed by atoms with Crippen LogP contribution in [0.2, 0.25) is 0 Å². The summed E-state index contributed by atoms with van der Waals surface area (Å²) in [5.41, 5.74) is 0.560. The number of sulfone groups is 1. The van der Waals surface area contributed by atoms with Gasteiger partial charge in [0.15, 0.2) is 15.9 Å². The van der Waals surface area contributed by atoms with Crippen LogP contribution in [0.15, 0.2) is 34.7 Å². The highest BCUT2D eigenvalue weighted by Gasteiger charge is 2.36. The zero-order chi connectivity index (χ0) is 18.9. The van der Waals surface area contributed by atoms with Crippen molar-refractivity contribution in [3.8, 4) is 0 Å². The summed E-state index contributed by atoms with van der Waals surface area (Å²) in [7, 11) is -3.11. The van der Waals surface area contributed by atoms with E-state index in [4.69, 9.17) is 9.15 Å². The lowest BCUT2D eigenvalue weighted by Gasteiger charge is -2.29. The molecule has 1 fully saturated rings. The Morgan fingerprint density at radius 2 is 2.08 bits per heavy atom. The molecule has 1 amide bonds. The fourth-order valence-corrected chi connectivity index (χ4v) is 4.93. The van der Waals surface area contributed by atoms with Gasteiger partial charge in [0, 0.05) is 18.0 Å².